The predicted molar refractivity (Wildman–Crippen MR) is 64.8 cm³/mol. The first-order valence-electron chi connectivity index (χ1n) is 4.93. The van der Waals surface area contributed by atoms with Gasteiger partial charge in [-0.2, -0.15) is 0 Å². The number of aliphatic hydroxyl groups is 1. The molecule has 0 spiro atoms. The summed E-state index contributed by atoms with van der Waals surface area (Å²) in [6.45, 7) is 0.00521. The van der Waals surface area contributed by atoms with Crippen LogP contribution in [0.1, 0.15) is 16.8 Å². The van der Waals surface area contributed by atoms with Crippen LogP contribution < -0.4 is 5.32 Å². The first-order chi connectivity index (χ1) is 8.41. The average molecular weight is 293 g/mol. The quantitative estimate of drug-likeness (QED) is 0.702. The molecular weight excluding hydrogens is 283 g/mol. The number of carbonyl (C=O) groups is 2. The molecule has 0 saturated carbocycles. The van der Waals surface area contributed by atoms with Crippen molar-refractivity contribution in [2.24, 2.45) is 0 Å². The van der Waals surface area contributed by atoms with Gasteiger partial charge in [-0.1, -0.05) is 23.2 Å². The SMILES string of the molecule is O=C(NCC[C@H](O)C(=O)O)c1ccc(Cl)nc1Cl. The van der Waals surface area contributed by atoms with E-state index < -0.39 is 18.0 Å². The Hall–Kier alpha value is -1.37. The molecule has 1 rings (SSSR count). The highest BCUT2D eigenvalue weighted by Gasteiger charge is 2.15. The fourth-order valence-corrected chi connectivity index (χ4v) is 1.55. The van der Waals surface area contributed by atoms with Crippen LogP contribution in [0.2, 0.25) is 10.3 Å². The van der Waals surface area contributed by atoms with Crippen molar-refractivity contribution in [3.05, 3.63) is 28.0 Å². The van der Waals surface area contributed by atoms with E-state index in [1.54, 1.807) is 0 Å². The highest BCUT2D eigenvalue weighted by molar-refractivity contribution is 6.34. The lowest BCUT2D eigenvalue weighted by molar-refractivity contribution is -0.146. The third-order valence-corrected chi connectivity index (χ3v) is 2.55. The molecular formula is C10H10Cl2N2O4. The van der Waals surface area contributed by atoms with E-state index in [0.29, 0.717) is 0 Å². The van der Waals surface area contributed by atoms with Crippen molar-refractivity contribution in [1.29, 1.82) is 0 Å². The van der Waals surface area contributed by atoms with Gasteiger partial charge >= 0.3 is 5.97 Å². The molecule has 0 fully saturated rings. The van der Waals surface area contributed by atoms with Crippen LogP contribution in [0.4, 0.5) is 0 Å². The number of aliphatic hydroxyl groups excluding tert-OH is 1. The van der Waals surface area contributed by atoms with Gasteiger partial charge in [-0.3, -0.25) is 4.79 Å². The largest absolute Gasteiger partial charge is 0.479 e. The topological polar surface area (TPSA) is 99.5 Å². The number of carbonyl (C=O) groups excluding carboxylic acids is 1. The Morgan fingerprint density at radius 3 is 2.61 bits per heavy atom. The molecule has 0 unspecified atom stereocenters. The van der Waals surface area contributed by atoms with Crippen LogP contribution in [-0.4, -0.2) is 39.7 Å². The van der Waals surface area contributed by atoms with E-state index in [1.807, 2.05) is 0 Å². The first kappa shape index (κ1) is 14.7. The molecule has 0 aliphatic heterocycles. The molecule has 3 N–H and O–H groups in total. The number of rotatable bonds is 5. The summed E-state index contributed by atoms with van der Waals surface area (Å²) >= 11 is 11.3. The van der Waals surface area contributed by atoms with Crippen molar-refractivity contribution < 1.29 is 19.8 Å². The number of hydrogen-bond donors (Lipinski definition) is 3. The van der Waals surface area contributed by atoms with Gasteiger partial charge in [0.1, 0.15) is 10.3 Å². The van der Waals surface area contributed by atoms with Crippen LogP contribution in [0.15, 0.2) is 12.1 Å². The molecule has 6 nitrogen and oxygen atoms in total. The molecule has 98 valence electrons. The minimum Gasteiger partial charge on any atom is -0.479 e. The van der Waals surface area contributed by atoms with Gasteiger partial charge in [-0.25, -0.2) is 9.78 Å². The third-order valence-electron chi connectivity index (χ3n) is 2.05. The second-order valence-electron chi connectivity index (χ2n) is 3.37. The fraction of sp³-hybridized carbons (Fsp3) is 0.300. The minimum atomic E-state index is -1.51. The Labute approximate surface area is 113 Å². The zero-order valence-corrected chi connectivity index (χ0v) is 10.6. The van der Waals surface area contributed by atoms with Crippen LogP contribution >= 0.6 is 23.2 Å². The van der Waals surface area contributed by atoms with E-state index in [4.69, 9.17) is 33.4 Å². The van der Waals surface area contributed by atoms with Gasteiger partial charge in [0.2, 0.25) is 0 Å². The van der Waals surface area contributed by atoms with E-state index >= 15 is 0 Å². The van der Waals surface area contributed by atoms with Gasteiger partial charge in [-0.15, -0.1) is 0 Å². The summed E-state index contributed by atoms with van der Waals surface area (Å²) in [6.07, 6.45) is -1.61. The summed E-state index contributed by atoms with van der Waals surface area (Å²) in [5, 5.41) is 20.0. The molecule has 0 saturated heterocycles. The summed E-state index contributed by atoms with van der Waals surface area (Å²) in [5.41, 5.74) is 0.130. The maximum Gasteiger partial charge on any atom is 0.332 e. The number of carboxylic acid groups (broad SMARTS) is 1. The van der Waals surface area contributed by atoms with Gasteiger partial charge in [-0.05, 0) is 12.1 Å². The molecule has 0 bridgehead atoms. The van der Waals surface area contributed by atoms with Crippen molar-refractivity contribution >= 4 is 35.1 Å². The number of nitrogens with zero attached hydrogens (tertiary/aromatic N) is 1. The number of nitrogens with one attached hydrogen (secondary N) is 1. The molecule has 1 aromatic rings. The Morgan fingerprint density at radius 1 is 1.39 bits per heavy atom. The number of aliphatic carboxylic acids is 1. The smallest absolute Gasteiger partial charge is 0.332 e. The highest BCUT2D eigenvalue weighted by atomic mass is 35.5. The molecule has 0 aliphatic rings. The lowest BCUT2D eigenvalue weighted by atomic mass is 10.2. The van der Waals surface area contributed by atoms with Crippen molar-refractivity contribution in [3.63, 3.8) is 0 Å². The van der Waals surface area contributed by atoms with Crippen LogP contribution in [0.25, 0.3) is 0 Å². The normalized spacial score (nSPS) is 11.9. The molecule has 18 heavy (non-hydrogen) atoms. The third kappa shape index (κ3) is 4.14. The number of aromatic nitrogens is 1. The molecule has 1 amide bonds. The monoisotopic (exact) mass is 292 g/mol. The lowest BCUT2D eigenvalue weighted by Gasteiger charge is -2.08. The standard InChI is InChI=1S/C10H10Cl2N2O4/c11-7-2-1-5(8(12)14-7)9(16)13-4-3-6(15)10(17)18/h1-2,6,15H,3-4H2,(H,13,16)(H,17,18)/t6-/m0/s1. The van der Waals surface area contributed by atoms with E-state index in [9.17, 15) is 9.59 Å². The Bertz CT molecular complexity index is 467. The van der Waals surface area contributed by atoms with Crippen molar-refractivity contribution in [1.82, 2.24) is 10.3 Å². The summed E-state index contributed by atoms with van der Waals surface area (Å²) in [4.78, 5) is 25.6. The molecule has 1 aromatic heterocycles. The van der Waals surface area contributed by atoms with Crippen molar-refractivity contribution in [3.8, 4) is 0 Å². The first-order valence-corrected chi connectivity index (χ1v) is 5.68. The van der Waals surface area contributed by atoms with Gasteiger partial charge in [0.05, 0.1) is 5.56 Å². The number of pyridine rings is 1. The van der Waals surface area contributed by atoms with Crippen molar-refractivity contribution in [2.75, 3.05) is 6.54 Å². The number of amides is 1. The highest BCUT2D eigenvalue weighted by Crippen LogP contribution is 2.16. The van der Waals surface area contributed by atoms with Crippen LogP contribution in [0, 0.1) is 0 Å². The summed E-state index contributed by atoms with van der Waals surface area (Å²) in [7, 11) is 0. The van der Waals surface area contributed by atoms with Crippen LogP contribution in [0.3, 0.4) is 0 Å². The summed E-state index contributed by atoms with van der Waals surface area (Å²) in [5.74, 6) is -1.85. The van der Waals surface area contributed by atoms with Gasteiger partial charge < -0.3 is 15.5 Å². The van der Waals surface area contributed by atoms with Gasteiger partial charge in [0.25, 0.3) is 5.91 Å². The second-order valence-corrected chi connectivity index (χ2v) is 4.12. The van der Waals surface area contributed by atoms with Crippen LogP contribution in [0.5, 0.6) is 0 Å². The Morgan fingerprint density at radius 2 is 2.06 bits per heavy atom. The zero-order chi connectivity index (χ0) is 13.7. The zero-order valence-electron chi connectivity index (χ0n) is 9.06. The molecule has 0 aromatic carbocycles. The number of carboxylic acids is 1. The average Bonchev–Trinajstić information content (AvgIpc) is 2.28. The van der Waals surface area contributed by atoms with E-state index in [0.717, 1.165) is 0 Å². The van der Waals surface area contributed by atoms with E-state index in [1.165, 1.54) is 12.1 Å². The molecule has 0 aliphatic carbocycles. The summed E-state index contributed by atoms with van der Waals surface area (Å²) in [6, 6.07) is 2.81. The summed E-state index contributed by atoms with van der Waals surface area (Å²) < 4.78 is 0. The number of halogens is 2. The second kappa shape index (κ2) is 6.53. The number of hydrogen-bond acceptors (Lipinski definition) is 4. The van der Waals surface area contributed by atoms with E-state index in [-0.39, 0.29) is 28.8 Å². The molecule has 8 heteroatoms. The Balaban J connectivity index is 2.53. The molecule has 1 heterocycles. The lowest BCUT2D eigenvalue weighted by Crippen LogP contribution is -2.30. The minimum absolute atomic E-state index is 0.00521. The van der Waals surface area contributed by atoms with Gasteiger partial charge in [0.15, 0.2) is 6.10 Å². The maximum atomic E-state index is 11.6. The van der Waals surface area contributed by atoms with Crippen molar-refractivity contribution in [2.45, 2.75) is 12.5 Å². The van der Waals surface area contributed by atoms with Gasteiger partial charge in [0, 0.05) is 13.0 Å². The fourth-order valence-electron chi connectivity index (χ4n) is 1.12. The Kier molecular flexibility index (Phi) is 5.33. The maximum absolute atomic E-state index is 11.6. The molecule has 0 radical (unpaired) electrons. The predicted octanol–water partition coefficient (Wildman–Crippen LogP) is 0.954. The van der Waals surface area contributed by atoms with E-state index in [2.05, 4.69) is 10.3 Å². The molecule has 1 atom stereocenters. The van der Waals surface area contributed by atoms with Crippen LogP contribution in [-0.2, 0) is 4.79 Å².